The van der Waals surface area contributed by atoms with Crippen molar-refractivity contribution in [2.75, 3.05) is 19.0 Å². The van der Waals surface area contributed by atoms with E-state index in [0.29, 0.717) is 25.4 Å². The standard InChI is InChI=1S/C18H24N4O3/c1-24-13-15-6-3-2-5-14(15)9-19-18(23)21-16-10-20-22(11-16)12-17-7-4-8-25-17/h2-3,5-6,10-11,17H,4,7-9,12-13H2,1H3,(H2,19,21,23). The van der Waals surface area contributed by atoms with E-state index in [0.717, 1.165) is 30.6 Å². The molecule has 0 spiro atoms. The Hall–Kier alpha value is -2.38. The highest BCUT2D eigenvalue weighted by Crippen LogP contribution is 2.15. The Morgan fingerprint density at radius 3 is 3.00 bits per heavy atom. The molecular formula is C18H24N4O3. The number of hydrogen-bond donors (Lipinski definition) is 2. The summed E-state index contributed by atoms with van der Waals surface area (Å²) in [6, 6.07) is 7.62. The molecule has 2 amide bonds. The van der Waals surface area contributed by atoms with Crippen LogP contribution < -0.4 is 10.6 Å². The molecule has 0 radical (unpaired) electrons. The Kier molecular flexibility index (Phi) is 6.03. The van der Waals surface area contributed by atoms with Crippen molar-refractivity contribution in [2.24, 2.45) is 0 Å². The van der Waals surface area contributed by atoms with Gasteiger partial charge in [-0.3, -0.25) is 4.68 Å². The molecule has 3 rings (SSSR count). The maximum absolute atomic E-state index is 12.1. The predicted octanol–water partition coefficient (Wildman–Crippen LogP) is 2.53. The van der Waals surface area contributed by atoms with E-state index < -0.39 is 0 Å². The van der Waals surface area contributed by atoms with Crippen LogP contribution in [-0.4, -0.2) is 35.6 Å². The van der Waals surface area contributed by atoms with Gasteiger partial charge in [0.05, 0.1) is 31.1 Å². The monoisotopic (exact) mass is 344 g/mol. The SMILES string of the molecule is COCc1ccccc1CNC(=O)Nc1cnn(CC2CCCO2)c1. The second-order valence-electron chi connectivity index (χ2n) is 6.10. The number of hydrogen-bond acceptors (Lipinski definition) is 4. The van der Waals surface area contributed by atoms with Gasteiger partial charge >= 0.3 is 6.03 Å². The highest BCUT2D eigenvalue weighted by atomic mass is 16.5. The molecule has 2 heterocycles. The van der Waals surface area contributed by atoms with E-state index >= 15 is 0 Å². The zero-order valence-corrected chi connectivity index (χ0v) is 14.4. The largest absolute Gasteiger partial charge is 0.380 e. The number of nitrogens with one attached hydrogen (secondary N) is 2. The molecule has 7 nitrogen and oxygen atoms in total. The van der Waals surface area contributed by atoms with Crippen LogP contribution in [0.1, 0.15) is 24.0 Å². The van der Waals surface area contributed by atoms with Crippen LogP contribution >= 0.6 is 0 Å². The Morgan fingerprint density at radius 1 is 1.40 bits per heavy atom. The lowest BCUT2D eigenvalue weighted by atomic mass is 10.1. The quantitative estimate of drug-likeness (QED) is 0.809. The number of anilines is 1. The molecule has 1 aromatic heterocycles. The number of benzene rings is 1. The van der Waals surface area contributed by atoms with Gasteiger partial charge < -0.3 is 20.1 Å². The summed E-state index contributed by atoms with van der Waals surface area (Å²) < 4.78 is 12.6. The van der Waals surface area contributed by atoms with Crippen molar-refractivity contribution in [2.45, 2.75) is 38.6 Å². The van der Waals surface area contributed by atoms with Crippen LogP contribution in [0.5, 0.6) is 0 Å². The molecule has 1 fully saturated rings. The highest BCUT2D eigenvalue weighted by molar-refractivity contribution is 5.88. The minimum Gasteiger partial charge on any atom is -0.380 e. The number of methoxy groups -OCH3 is 1. The smallest absolute Gasteiger partial charge is 0.319 e. The lowest BCUT2D eigenvalue weighted by Crippen LogP contribution is -2.28. The van der Waals surface area contributed by atoms with Crippen molar-refractivity contribution in [3.63, 3.8) is 0 Å². The van der Waals surface area contributed by atoms with Crippen LogP contribution in [0.25, 0.3) is 0 Å². The maximum atomic E-state index is 12.1. The lowest BCUT2D eigenvalue weighted by molar-refractivity contribution is 0.0940. The van der Waals surface area contributed by atoms with Crippen LogP contribution in [0, 0.1) is 0 Å². The molecule has 1 aliphatic rings. The van der Waals surface area contributed by atoms with Crippen molar-refractivity contribution in [3.05, 3.63) is 47.8 Å². The second-order valence-corrected chi connectivity index (χ2v) is 6.10. The topological polar surface area (TPSA) is 77.4 Å². The van der Waals surface area contributed by atoms with E-state index in [-0.39, 0.29) is 12.1 Å². The number of carbonyl (C=O) groups is 1. The molecule has 1 unspecified atom stereocenters. The summed E-state index contributed by atoms with van der Waals surface area (Å²) in [5.41, 5.74) is 2.77. The number of aromatic nitrogens is 2. The molecule has 2 N–H and O–H groups in total. The maximum Gasteiger partial charge on any atom is 0.319 e. The number of carbonyl (C=O) groups excluding carboxylic acids is 1. The molecule has 0 aliphatic carbocycles. The van der Waals surface area contributed by atoms with Gasteiger partial charge in [-0.2, -0.15) is 5.10 Å². The van der Waals surface area contributed by atoms with E-state index in [2.05, 4.69) is 15.7 Å². The summed E-state index contributed by atoms with van der Waals surface area (Å²) in [6.45, 7) is 2.50. The predicted molar refractivity (Wildman–Crippen MR) is 94.2 cm³/mol. The van der Waals surface area contributed by atoms with Gasteiger partial charge in [-0.05, 0) is 24.0 Å². The number of rotatable bonds is 7. The number of urea groups is 1. The zero-order valence-electron chi connectivity index (χ0n) is 14.4. The lowest BCUT2D eigenvalue weighted by Gasteiger charge is -2.10. The van der Waals surface area contributed by atoms with E-state index in [9.17, 15) is 4.79 Å². The fourth-order valence-corrected chi connectivity index (χ4v) is 2.90. The molecule has 2 aromatic rings. The fourth-order valence-electron chi connectivity index (χ4n) is 2.90. The summed E-state index contributed by atoms with van der Waals surface area (Å²) >= 11 is 0. The average Bonchev–Trinajstić information content (AvgIpc) is 3.27. The minimum absolute atomic E-state index is 0.221. The van der Waals surface area contributed by atoms with Gasteiger partial charge in [-0.15, -0.1) is 0 Å². The summed E-state index contributed by atoms with van der Waals surface area (Å²) in [7, 11) is 1.66. The van der Waals surface area contributed by atoms with Crippen molar-refractivity contribution >= 4 is 11.7 Å². The van der Waals surface area contributed by atoms with Gasteiger partial charge in [0, 0.05) is 26.5 Å². The number of nitrogens with zero attached hydrogens (tertiary/aromatic N) is 2. The van der Waals surface area contributed by atoms with Gasteiger partial charge in [0.15, 0.2) is 0 Å². The third-order valence-corrected chi connectivity index (χ3v) is 4.16. The first-order valence-corrected chi connectivity index (χ1v) is 8.49. The fraction of sp³-hybridized carbons (Fsp3) is 0.444. The molecule has 1 aromatic carbocycles. The third-order valence-electron chi connectivity index (χ3n) is 4.16. The van der Waals surface area contributed by atoms with Gasteiger partial charge in [0.2, 0.25) is 0 Å². The number of ether oxygens (including phenoxy) is 2. The minimum atomic E-state index is -0.260. The van der Waals surface area contributed by atoms with Crippen molar-refractivity contribution in [1.82, 2.24) is 15.1 Å². The summed E-state index contributed by atoms with van der Waals surface area (Å²) in [5.74, 6) is 0. The van der Waals surface area contributed by atoms with Crippen LogP contribution in [-0.2, 0) is 29.2 Å². The second kappa shape index (κ2) is 8.64. The first kappa shape index (κ1) is 17.4. The van der Waals surface area contributed by atoms with E-state index in [4.69, 9.17) is 9.47 Å². The molecule has 0 saturated carbocycles. The van der Waals surface area contributed by atoms with Gasteiger partial charge in [-0.1, -0.05) is 24.3 Å². The molecule has 1 atom stereocenters. The Bertz CT molecular complexity index is 695. The molecule has 25 heavy (non-hydrogen) atoms. The van der Waals surface area contributed by atoms with Gasteiger partial charge in [0.25, 0.3) is 0 Å². The van der Waals surface area contributed by atoms with Crippen molar-refractivity contribution < 1.29 is 14.3 Å². The Balaban J connectivity index is 1.48. The third kappa shape index (κ3) is 5.04. The van der Waals surface area contributed by atoms with E-state index in [1.807, 2.05) is 30.5 Å². The highest BCUT2D eigenvalue weighted by Gasteiger charge is 2.16. The van der Waals surface area contributed by atoms with Crippen LogP contribution in [0.15, 0.2) is 36.7 Å². The molecule has 7 heteroatoms. The number of amides is 2. The first-order valence-electron chi connectivity index (χ1n) is 8.49. The Morgan fingerprint density at radius 2 is 2.24 bits per heavy atom. The molecule has 134 valence electrons. The molecule has 1 saturated heterocycles. The molecular weight excluding hydrogens is 320 g/mol. The van der Waals surface area contributed by atoms with E-state index in [1.165, 1.54) is 0 Å². The van der Waals surface area contributed by atoms with Crippen molar-refractivity contribution in [1.29, 1.82) is 0 Å². The summed E-state index contributed by atoms with van der Waals surface area (Å²) in [4.78, 5) is 12.1. The zero-order chi connectivity index (χ0) is 17.5. The molecule has 0 bridgehead atoms. The van der Waals surface area contributed by atoms with Gasteiger partial charge in [0.1, 0.15) is 0 Å². The van der Waals surface area contributed by atoms with Crippen LogP contribution in [0.3, 0.4) is 0 Å². The summed E-state index contributed by atoms with van der Waals surface area (Å²) in [5, 5.41) is 9.93. The van der Waals surface area contributed by atoms with Crippen LogP contribution in [0.2, 0.25) is 0 Å². The average molecular weight is 344 g/mol. The van der Waals surface area contributed by atoms with Crippen LogP contribution in [0.4, 0.5) is 10.5 Å². The van der Waals surface area contributed by atoms with Crippen molar-refractivity contribution in [3.8, 4) is 0 Å². The normalized spacial score (nSPS) is 16.8. The molecule has 1 aliphatic heterocycles. The van der Waals surface area contributed by atoms with Gasteiger partial charge in [-0.25, -0.2) is 4.79 Å². The first-order chi connectivity index (χ1) is 12.2. The summed E-state index contributed by atoms with van der Waals surface area (Å²) in [6.07, 6.45) is 5.85. The van der Waals surface area contributed by atoms with E-state index in [1.54, 1.807) is 18.0 Å². The Labute approximate surface area is 147 Å².